The van der Waals surface area contributed by atoms with Gasteiger partial charge in [0.1, 0.15) is 0 Å². The van der Waals surface area contributed by atoms with Crippen LogP contribution in [0.2, 0.25) is 0 Å². The van der Waals surface area contributed by atoms with E-state index in [1.54, 1.807) is 11.3 Å². The molecule has 7 heteroatoms. The Balaban J connectivity index is 0.00000210. The summed E-state index contributed by atoms with van der Waals surface area (Å²) < 4.78 is 1.86. The molecule has 1 saturated carbocycles. The van der Waals surface area contributed by atoms with Crippen LogP contribution in [0.15, 0.2) is 22.9 Å². The Morgan fingerprint density at radius 3 is 2.78 bits per heavy atom. The third-order valence-corrected chi connectivity index (χ3v) is 6.77. The van der Waals surface area contributed by atoms with E-state index in [0.717, 1.165) is 25.2 Å². The molecule has 148 valence electrons. The predicted molar refractivity (Wildman–Crippen MR) is 112 cm³/mol. The molecule has 2 aromatic heterocycles. The molecule has 2 aliphatic rings. The lowest BCUT2D eigenvalue weighted by atomic mass is 9.93. The molecule has 1 aliphatic heterocycles. The molecule has 1 aliphatic carbocycles. The van der Waals surface area contributed by atoms with Crippen molar-refractivity contribution in [2.45, 2.75) is 51.6 Å². The second-order valence-corrected chi connectivity index (χ2v) is 8.91. The summed E-state index contributed by atoms with van der Waals surface area (Å²) in [6.07, 6.45) is 3.48. The summed E-state index contributed by atoms with van der Waals surface area (Å²) in [5, 5.41) is 12.2. The molecule has 27 heavy (non-hydrogen) atoms. The fourth-order valence-corrected chi connectivity index (χ4v) is 5.07. The molecule has 3 heterocycles. The number of piperidine rings is 1. The number of aryl methyl sites for hydroxylation is 1. The summed E-state index contributed by atoms with van der Waals surface area (Å²) in [5.41, 5.74) is 3.24. The molecule has 1 saturated heterocycles. The molecule has 1 unspecified atom stereocenters. The van der Waals surface area contributed by atoms with Crippen molar-refractivity contribution in [1.29, 1.82) is 0 Å². The van der Waals surface area contributed by atoms with Gasteiger partial charge in [-0.05, 0) is 72.1 Å². The first kappa shape index (κ1) is 20.4. The number of nitrogens with one attached hydrogen (secondary N) is 1. The molecule has 2 aromatic rings. The van der Waals surface area contributed by atoms with Crippen molar-refractivity contribution in [3.05, 3.63) is 39.8 Å². The number of carbonyl (C=O) groups is 1. The minimum absolute atomic E-state index is 0. The van der Waals surface area contributed by atoms with Gasteiger partial charge < -0.3 is 10.2 Å². The maximum atomic E-state index is 13.4. The Labute approximate surface area is 171 Å². The summed E-state index contributed by atoms with van der Waals surface area (Å²) in [7, 11) is 1.93. The van der Waals surface area contributed by atoms with Gasteiger partial charge in [0.15, 0.2) is 5.69 Å². The fourth-order valence-electron chi connectivity index (χ4n) is 4.41. The van der Waals surface area contributed by atoms with Gasteiger partial charge in [0, 0.05) is 25.3 Å². The molecule has 1 N–H and O–H groups in total. The van der Waals surface area contributed by atoms with Crippen LogP contribution in [0.3, 0.4) is 0 Å². The van der Waals surface area contributed by atoms with E-state index in [1.165, 1.54) is 18.4 Å². The summed E-state index contributed by atoms with van der Waals surface area (Å²) in [6, 6.07) is 4.45. The standard InChI is InChI=1S/C20H28N4OS.ClH/c1-14(2)17-10-16(22-23(17)3)19(25)24(12-15-4-9-26-13-15)18-11-20(18)5-7-21-8-6-20;/h4,9-10,13-14,18,21H,5-8,11-12H2,1-3H3;1H. The van der Waals surface area contributed by atoms with Crippen LogP contribution in [0.25, 0.3) is 0 Å². The lowest BCUT2D eigenvalue weighted by molar-refractivity contribution is 0.0685. The Bertz CT molecular complexity index is 780. The number of aromatic nitrogens is 2. The van der Waals surface area contributed by atoms with Gasteiger partial charge in [-0.2, -0.15) is 16.4 Å². The van der Waals surface area contributed by atoms with Crippen LogP contribution in [0.5, 0.6) is 0 Å². The van der Waals surface area contributed by atoms with E-state index in [2.05, 4.69) is 46.0 Å². The molecule has 2 fully saturated rings. The Morgan fingerprint density at radius 2 is 2.19 bits per heavy atom. The average Bonchev–Trinajstić information content (AvgIpc) is 3.00. The highest BCUT2D eigenvalue weighted by molar-refractivity contribution is 7.07. The molecular weight excluding hydrogens is 380 g/mol. The highest BCUT2D eigenvalue weighted by atomic mass is 35.5. The zero-order valence-corrected chi connectivity index (χ0v) is 17.9. The van der Waals surface area contributed by atoms with Crippen LogP contribution in [-0.2, 0) is 13.6 Å². The summed E-state index contributed by atoms with van der Waals surface area (Å²) in [5.74, 6) is 0.440. The zero-order chi connectivity index (χ0) is 18.3. The number of amides is 1. The first-order chi connectivity index (χ1) is 12.5. The maximum Gasteiger partial charge on any atom is 0.274 e. The number of hydrogen-bond donors (Lipinski definition) is 1. The van der Waals surface area contributed by atoms with Crippen molar-refractivity contribution >= 4 is 29.7 Å². The van der Waals surface area contributed by atoms with Crippen molar-refractivity contribution in [2.75, 3.05) is 13.1 Å². The van der Waals surface area contributed by atoms with E-state index >= 15 is 0 Å². The molecule has 0 bridgehead atoms. The minimum atomic E-state index is 0. The molecular formula is C20H29ClN4OS. The van der Waals surface area contributed by atoms with Gasteiger partial charge in [-0.1, -0.05) is 13.8 Å². The van der Waals surface area contributed by atoms with Crippen LogP contribution < -0.4 is 5.32 Å². The SMILES string of the molecule is CC(C)c1cc(C(=O)N(Cc2ccsc2)C2CC23CCNCC3)nn1C.Cl. The fraction of sp³-hybridized carbons (Fsp3) is 0.600. The lowest BCUT2D eigenvalue weighted by Crippen LogP contribution is -2.39. The molecule has 0 radical (unpaired) electrons. The van der Waals surface area contributed by atoms with E-state index in [4.69, 9.17) is 0 Å². The van der Waals surface area contributed by atoms with E-state index in [1.807, 2.05) is 17.8 Å². The Hall–Kier alpha value is -1.37. The van der Waals surface area contributed by atoms with Crippen LogP contribution >= 0.6 is 23.7 Å². The van der Waals surface area contributed by atoms with Gasteiger partial charge in [-0.3, -0.25) is 9.48 Å². The second-order valence-electron chi connectivity index (χ2n) is 8.13. The molecule has 5 nitrogen and oxygen atoms in total. The topological polar surface area (TPSA) is 50.2 Å². The Morgan fingerprint density at radius 1 is 1.44 bits per heavy atom. The van der Waals surface area contributed by atoms with Crippen LogP contribution in [0.4, 0.5) is 0 Å². The smallest absolute Gasteiger partial charge is 0.274 e. The van der Waals surface area contributed by atoms with Crippen molar-refractivity contribution < 1.29 is 4.79 Å². The number of rotatable bonds is 5. The summed E-state index contributed by atoms with van der Waals surface area (Å²) in [6.45, 7) is 7.10. The third kappa shape index (κ3) is 3.93. The van der Waals surface area contributed by atoms with Gasteiger partial charge in [0.05, 0.1) is 0 Å². The van der Waals surface area contributed by atoms with Crippen LogP contribution in [0, 0.1) is 5.41 Å². The number of hydrogen-bond acceptors (Lipinski definition) is 4. The normalized spacial score (nSPS) is 20.5. The highest BCUT2D eigenvalue weighted by Gasteiger charge is 2.58. The monoisotopic (exact) mass is 408 g/mol. The molecule has 0 aromatic carbocycles. The predicted octanol–water partition coefficient (Wildman–Crippen LogP) is 3.81. The number of thiophene rings is 1. The third-order valence-electron chi connectivity index (χ3n) is 6.04. The molecule has 1 amide bonds. The average molecular weight is 409 g/mol. The van der Waals surface area contributed by atoms with Crippen LogP contribution in [0.1, 0.15) is 60.8 Å². The first-order valence-corrected chi connectivity index (χ1v) is 10.5. The van der Waals surface area contributed by atoms with Crippen molar-refractivity contribution in [2.24, 2.45) is 12.5 Å². The van der Waals surface area contributed by atoms with Crippen LogP contribution in [-0.4, -0.2) is 39.7 Å². The van der Waals surface area contributed by atoms with Crippen molar-refractivity contribution in [3.8, 4) is 0 Å². The number of halogens is 1. The number of carbonyl (C=O) groups excluding carboxylic acids is 1. The highest BCUT2D eigenvalue weighted by Crippen LogP contribution is 2.56. The summed E-state index contributed by atoms with van der Waals surface area (Å²) in [4.78, 5) is 15.5. The second kappa shape index (κ2) is 7.94. The van der Waals surface area contributed by atoms with Crippen molar-refractivity contribution in [1.82, 2.24) is 20.0 Å². The van der Waals surface area contributed by atoms with Gasteiger partial charge in [-0.15, -0.1) is 12.4 Å². The zero-order valence-electron chi connectivity index (χ0n) is 16.3. The van der Waals surface area contributed by atoms with Crippen molar-refractivity contribution in [3.63, 3.8) is 0 Å². The van der Waals surface area contributed by atoms with E-state index in [0.29, 0.717) is 29.6 Å². The summed E-state index contributed by atoms with van der Waals surface area (Å²) >= 11 is 1.69. The van der Waals surface area contributed by atoms with E-state index in [-0.39, 0.29) is 18.3 Å². The maximum absolute atomic E-state index is 13.4. The van der Waals surface area contributed by atoms with Gasteiger partial charge in [0.2, 0.25) is 0 Å². The molecule has 4 rings (SSSR count). The van der Waals surface area contributed by atoms with E-state index in [9.17, 15) is 4.79 Å². The van der Waals surface area contributed by atoms with Gasteiger partial charge in [0.25, 0.3) is 5.91 Å². The largest absolute Gasteiger partial charge is 0.329 e. The number of nitrogens with zero attached hydrogens (tertiary/aromatic N) is 3. The quantitative estimate of drug-likeness (QED) is 0.818. The first-order valence-electron chi connectivity index (χ1n) is 9.57. The minimum Gasteiger partial charge on any atom is -0.329 e. The lowest BCUT2D eigenvalue weighted by Gasteiger charge is -2.29. The Kier molecular flexibility index (Phi) is 5.99. The molecule has 1 atom stereocenters. The van der Waals surface area contributed by atoms with Gasteiger partial charge >= 0.3 is 0 Å². The van der Waals surface area contributed by atoms with Gasteiger partial charge in [-0.25, -0.2) is 0 Å². The van der Waals surface area contributed by atoms with E-state index < -0.39 is 0 Å². The molecule has 1 spiro atoms.